The molecular formula is C12H14ClF3S. The van der Waals surface area contributed by atoms with Gasteiger partial charge in [-0.2, -0.15) is 13.2 Å². The molecule has 0 aliphatic heterocycles. The Morgan fingerprint density at radius 2 is 1.94 bits per heavy atom. The maximum atomic E-state index is 12.2. The van der Waals surface area contributed by atoms with Crippen LogP contribution >= 0.6 is 23.4 Å². The van der Waals surface area contributed by atoms with Crippen LogP contribution in [0.1, 0.15) is 24.5 Å². The highest BCUT2D eigenvalue weighted by Crippen LogP contribution is 2.37. The molecule has 1 aromatic rings. The maximum absolute atomic E-state index is 12.2. The predicted octanol–water partition coefficient (Wildman–Crippen LogP) is 5.03. The number of hydrogen-bond donors (Lipinski definition) is 0. The first-order valence-electron chi connectivity index (χ1n) is 5.39. The largest absolute Gasteiger partial charge is 0.446 e. The summed E-state index contributed by atoms with van der Waals surface area (Å²) in [7, 11) is 0. The molecule has 17 heavy (non-hydrogen) atoms. The summed E-state index contributed by atoms with van der Waals surface area (Å²) in [5.74, 6) is 0.572. The zero-order valence-corrected chi connectivity index (χ0v) is 11.1. The van der Waals surface area contributed by atoms with E-state index in [2.05, 4.69) is 0 Å². The van der Waals surface area contributed by atoms with Crippen LogP contribution in [-0.2, 0) is 12.8 Å². The molecule has 0 bridgehead atoms. The fourth-order valence-corrected chi connectivity index (χ4v) is 2.37. The van der Waals surface area contributed by atoms with Gasteiger partial charge in [0.15, 0.2) is 0 Å². The van der Waals surface area contributed by atoms with Crippen LogP contribution in [0.25, 0.3) is 0 Å². The third-order valence-electron chi connectivity index (χ3n) is 2.37. The van der Waals surface area contributed by atoms with Crippen LogP contribution in [0.3, 0.4) is 0 Å². The molecule has 0 nitrogen and oxygen atoms in total. The monoisotopic (exact) mass is 282 g/mol. The van der Waals surface area contributed by atoms with Crippen molar-refractivity contribution in [3.8, 4) is 0 Å². The second kappa shape index (κ2) is 6.55. The van der Waals surface area contributed by atoms with Crippen molar-refractivity contribution in [1.29, 1.82) is 0 Å². The SMILES string of the molecule is CCc1cc(SC(F)(F)F)ccc1CCCCl. The van der Waals surface area contributed by atoms with Gasteiger partial charge in [0.2, 0.25) is 0 Å². The van der Waals surface area contributed by atoms with Gasteiger partial charge in [-0.1, -0.05) is 13.0 Å². The van der Waals surface area contributed by atoms with Crippen molar-refractivity contribution in [1.82, 2.24) is 0 Å². The van der Waals surface area contributed by atoms with E-state index in [-0.39, 0.29) is 16.7 Å². The van der Waals surface area contributed by atoms with Crippen LogP contribution in [-0.4, -0.2) is 11.4 Å². The Labute approximate surface area is 109 Å². The lowest BCUT2D eigenvalue weighted by atomic mass is 10.0. The second-order valence-electron chi connectivity index (χ2n) is 3.62. The number of alkyl halides is 4. The molecule has 0 aliphatic rings. The number of benzene rings is 1. The van der Waals surface area contributed by atoms with Crippen molar-refractivity contribution < 1.29 is 13.2 Å². The van der Waals surface area contributed by atoms with Crippen molar-refractivity contribution in [2.24, 2.45) is 0 Å². The number of rotatable bonds is 5. The van der Waals surface area contributed by atoms with Gasteiger partial charge in [0.1, 0.15) is 0 Å². The standard InChI is InChI=1S/C12H14ClF3S/c1-2-9-8-11(17-12(14,15)16)6-5-10(9)4-3-7-13/h5-6,8H,2-4,7H2,1H3. The lowest BCUT2D eigenvalue weighted by Gasteiger charge is -2.11. The molecule has 0 aliphatic carbocycles. The summed E-state index contributed by atoms with van der Waals surface area (Å²) in [4.78, 5) is 0.254. The Balaban J connectivity index is 2.84. The zero-order chi connectivity index (χ0) is 12.9. The molecule has 0 N–H and O–H groups in total. The zero-order valence-electron chi connectivity index (χ0n) is 9.48. The molecule has 0 fully saturated rings. The van der Waals surface area contributed by atoms with Crippen molar-refractivity contribution >= 4 is 23.4 Å². The normalized spacial score (nSPS) is 11.8. The van der Waals surface area contributed by atoms with E-state index in [4.69, 9.17) is 11.6 Å². The van der Waals surface area contributed by atoms with Crippen LogP contribution in [0.2, 0.25) is 0 Å². The summed E-state index contributed by atoms with van der Waals surface area (Å²) in [6.45, 7) is 1.95. The molecule has 0 atom stereocenters. The van der Waals surface area contributed by atoms with Gasteiger partial charge in [-0.3, -0.25) is 0 Å². The van der Waals surface area contributed by atoms with E-state index in [9.17, 15) is 13.2 Å². The minimum absolute atomic E-state index is 0.0632. The lowest BCUT2D eigenvalue weighted by molar-refractivity contribution is -0.0328. The summed E-state index contributed by atoms with van der Waals surface area (Å²) in [6, 6.07) is 4.93. The molecule has 1 aromatic carbocycles. The number of thioether (sulfide) groups is 1. The molecule has 0 saturated heterocycles. The molecule has 96 valence electrons. The van der Waals surface area contributed by atoms with E-state index in [1.54, 1.807) is 12.1 Å². The Hall–Kier alpha value is -0.350. The second-order valence-corrected chi connectivity index (χ2v) is 5.14. The molecule has 5 heteroatoms. The Bertz CT molecular complexity index is 363. The molecule has 0 radical (unpaired) electrons. The fourth-order valence-electron chi connectivity index (χ4n) is 1.63. The van der Waals surface area contributed by atoms with Crippen molar-refractivity contribution in [3.63, 3.8) is 0 Å². The topological polar surface area (TPSA) is 0 Å². The van der Waals surface area contributed by atoms with Gasteiger partial charge < -0.3 is 0 Å². The van der Waals surface area contributed by atoms with Gasteiger partial charge in [-0.15, -0.1) is 11.6 Å². The molecule has 0 aromatic heterocycles. The molecule has 1 rings (SSSR count). The van der Waals surface area contributed by atoms with Gasteiger partial charge in [-0.05, 0) is 54.3 Å². The van der Waals surface area contributed by atoms with E-state index in [1.807, 2.05) is 6.92 Å². The minimum Gasteiger partial charge on any atom is -0.160 e. The first-order chi connectivity index (χ1) is 7.96. The Morgan fingerprint density at radius 1 is 1.24 bits per heavy atom. The molecule has 0 saturated carbocycles. The van der Waals surface area contributed by atoms with Crippen molar-refractivity contribution in [2.45, 2.75) is 36.6 Å². The summed E-state index contributed by atoms with van der Waals surface area (Å²) in [5, 5.41) is 0. The van der Waals surface area contributed by atoms with Crippen molar-refractivity contribution in [3.05, 3.63) is 29.3 Å². The van der Waals surface area contributed by atoms with Crippen LogP contribution < -0.4 is 0 Å². The first kappa shape index (κ1) is 14.7. The third kappa shape index (κ3) is 5.21. The highest BCUT2D eigenvalue weighted by Gasteiger charge is 2.29. The summed E-state index contributed by atoms with van der Waals surface area (Å²) >= 11 is 5.55. The fraction of sp³-hybridized carbons (Fsp3) is 0.500. The number of halogens is 4. The maximum Gasteiger partial charge on any atom is 0.446 e. The van der Waals surface area contributed by atoms with E-state index >= 15 is 0 Å². The highest BCUT2D eigenvalue weighted by atomic mass is 35.5. The highest BCUT2D eigenvalue weighted by molar-refractivity contribution is 8.00. The third-order valence-corrected chi connectivity index (χ3v) is 3.36. The van der Waals surface area contributed by atoms with Gasteiger partial charge in [-0.25, -0.2) is 0 Å². The number of hydrogen-bond acceptors (Lipinski definition) is 1. The quantitative estimate of drug-likeness (QED) is 0.539. The lowest BCUT2D eigenvalue weighted by Crippen LogP contribution is -2.00. The van der Waals surface area contributed by atoms with Gasteiger partial charge >= 0.3 is 5.51 Å². The summed E-state index contributed by atoms with van der Waals surface area (Å²) < 4.78 is 36.7. The Morgan fingerprint density at radius 3 is 2.47 bits per heavy atom. The van der Waals surface area contributed by atoms with E-state index in [0.717, 1.165) is 30.4 Å². The van der Waals surface area contributed by atoms with Crippen LogP contribution in [0.5, 0.6) is 0 Å². The average molecular weight is 283 g/mol. The molecule has 0 amide bonds. The van der Waals surface area contributed by atoms with Crippen LogP contribution in [0.4, 0.5) is 13.2 Å². The molecule has 0 spiro atoms. The van der Waals surface area contributed by atoms with Gasteiger partial charge in [0.05, 0.1) is 0 Å². The predicted molar refractivity (Wildman–Crippen MR) is 66.8 cm³/mol. The number of aryl methyl sites for hydroxylation is 2. The molecular weight excluding hydrogens is 269 g/mol. The Kier molecular flexibility index (Phi) is 5.67. The molecule has 0 unspecified atom stereocenters. The average Bonchev–Trinajstić information content (AvgIpc) is 2.25. The smallest absolute Gasteiger partial charge is 0.160 e. The summed E-state index contributed by atoms with van der Waals surface area (Å²) in [6.07, 6.45) is 2.41. The van der Waals surface area contributed by atoms with E-state index in [0.29, 0.717) is 5.88 Å². The minimum atomic E-state index is -4.22. The van der Waals surface area contributed by atoms with Gasteiger partial charge in [0.25, 0.3) is 0 Å². The van der Waals surface area contributed by atoms with E-state index in [1.165, 1.54) is 6.07 Å². The van der Waals surface area contributed by atoms with Crippen LogP contribution in [0.15, 0.2) is 23.1 Å². The summed E-state index contributed by atoms with van der Waals surface area (Å²) in [5.41, 5.74) is -2.15. The first-order valence-corrected chi connectivity index (χ1v) is 6.75. The van der Waals surface area contributed by atoms with Gasteiger partial charge in [0, 0.05) is 10.8 Å². The molecule has 0 heterocycles. The van der Waals surface area contributed by atoms with Crippen molar-refractivity contribution in [2.75, 3.05) is 5.88 Å². The van der Waals surface area contributed by atoms with Crippen LogP contribution in [0, 0.1) is 0 Å². The van der Waals surface area contributed by atoms with E-state index < -0.39 is 5.51 Å².